The summed E-state index contributed by atoms with van der Waals surface area (Å²) in [6.07, 6.45) is 0.322. The lowest BCUT2D eigenvalue weighted by molar-refractivity contribution is -0.0453. The second kappa shape index (κ2) is 5.17. The maximum atomic E-state index is 10.4. The molecule has 2 atom stereocenters. The molecule has 0 saturated carbocycles. The zero-order chi connectivity index (χ0) is 12.5. The van der Waals surface area contributed by atoms with Crippen molar-refractivity contribution in [1.82, 2.24) is 9.80 Å². The van der Waals surface area contributed by atoms with Gasteiger partial charge in [-0.1, -0.05) is 29.8 Å². The lowest BCUT2D eigenvalue weighted by atomic mass is 9.97. The van der Waals surface area contributed by atoms with Crippen molar-refractivity contribution in [2.24, 2.45) is 0 Å². The van der Waals surface area contributed by atoms with Crippen molar-refractivity contribution < 1.29 is 5.11 Å². The molecule has 3 saturated heterocycles. The third-order valence-corrected chi connectivity index (χ3v) is 4.52. The van der Waals surface area contributed by atoms with Crippen LogP contribution in [-0.2, 0) is 6.42 Å². The van der Waals surface area contributed by atoms with Gasteiger partial charge in [-0.2, -0.15) is 0 Å². The van der Waals surface area contributed by atoms with E-state index in [1.54, 1.807) is 0 Å². The van der Waals surface area contributed by atoms with Gasteiger partial charge in [-0.05, 0) is 11.6 Å². The summed E-state index contributed by atoms with van der Waals surface area (Å²) in [6, 6.07) is 8.06. The smallest absolute Gasteiger partial charge is 0.0748 e. The molecule has 0 spiro atoms. The van der Waals surface area contributed by atoms with Crippen LogP contribution < -0.4 is 0 Å². The minimum Gasteiger partial charge on any atom is -0.391 e. The lowest BCUT2D eigenvalue weighted by Gasteiger charge is -2.49. The maximum Gasteiger partial charge on any atom is 0.0748 e. The molecule has 3 heterocycles. The molecule has 3 aliphatic heterocycles. The van der Waals surface area contributed by atoms with Gasteiger partial charge in [-0.15, -0.1) is 0 Å². The summed E-state index contributed by atoms with van der Waals surface area (Å²) in [5.41, 5.74) is 1.05. The Morgan fingerprint density at radius 1 is 1.22 bits per heavy atom. The number of piperazine rings is 3. The second-order valence-corrected chi connectivity index (χ2v) is 5.67. The van der Waals surface area contributed by atoms with Crippen molar-refractivity contribution >= 4 is 11.6 Å². The Morgan fingerprint density at radius 3 is 2.56 bits per heavy atom. The molecule has 1 aromatic carbocycles. The minimum atomic E-state index is -0.326. The Hall–Kier alpha value is -0.610. The highest BCUT2D eigenvalue weighted by molar-refractivity contribution is 6.31. The monoisotopic (exact) mass is 266 g/mol. The van der Waals surface area contributed by atoms with Gasteiger partial charge in [-0.3, -0.25) is 9.80 Å². The molecule has 2 unspecified atom stereocenters. The van der Waals surface area contributed by atoms with Gasteiger partial charge >= 0.3 is 0 Å². The molecular weight excluding hydrogens is 248 g/mol. The highest BCUT2D eigenvalue weighted by atomic mass is 35.5. The molecular formula is C14H19ClN2O. The van der Waals surface area contributed by atoms with Gasteiger partial charge in [0.15, 0.2) is 0 Å². The Labute approximate surface area is 113 Å². The number of hydrogen-bond donors (Lipinski definition) is 1. The van der Waals surface area contributed by atoms with Crippen LogP contribution in [0.3, 0.4) is 0 Å². The SMILES string of the molecule is OC(Cc1ccccc1Cl)C1CN2CCN1CC2. The van der Waals surface area contributed by atoms with E-state index < -0.39 is 0 Å². The number of fused-ring (bicyclic) bond motifs is 3. The molecule has 0 aliphatic carbocycles. The first kappa shape index (κ1) is 12.4. The van der Waals surface area contributed by atoms with E-state index in [-0.39, 0.29) is 12.1 Å². The second-order valence-electron chi connectivity index (χ2n) is 5.27. The Kier molecular flexibility index (Phi) is 3.57. The number of halogens is 1. The standard InChI is InChI=1S/C14H19ClN2O/c15-12-4-2-1-3-11(12)9-14(18)13-10-16-5-7-17(13)8-6-16/h1-4,13-14,18H,5-10H2. The van der Waals surface area contributed by atoms with Crippen LogP contribution >= 0.6 is 11.6 Å². The first-order valence-electron chi connectivity index (χ1n) is 6.62. The minimum absolute atomic E-state index is 0.267. The van der Waals surface area contributed by atoms with Crippen molar-refractivity contribution in [2.45, 2.75) is 18.6 Å². The van der Waals surface area contributed by atoms with Crippen LogP contribution in [-0.4, -0.2) is 59.8 Å². The highest BCUT2D eigenvalue weighted by Gasteiger charge is 2.36. The summed E-state index contributed by atoms with van der Waals surface area (Å²) >= 11 is 6.15. The third-order valence-electron chi connectivity index (χ3n) is 4.15. The fourth-order valence-electron chi connectivity index (χ4n) is 3.05. The van der Waals surface area contributed by atoms with Gasteiger partial charge in [0.1, 0.15) is 0 Å². The molecule has 0 radical (unpaired) electrons. The summed E-state index contributed by atoms with van der Waals surface area (Å²) in [7, 11) is 0. The van der Waals surface area contributed by atoms with Crippen molar-refractivity contribution in [2.75, 3.05) is 32.7 Å². The van der Waals surface area contributed by atoms with Gasteiger partial charge < -0.3 is 5.11 Å². The number of rotatable bonds is 3. The zero-order valence-corrected chi connectivity index (χ0v) is 11.2. The molecule has 0 aromatic heterocycles. The third kappa shape index (κ3) is 2.41. The summed E-state index contributed by atoms with van der Waals surface area (Å²) in [4.78, 5) is 4.86. The molecule has 3 fully saturated rings. The van der Waals surface area contributed by atoms with E-state index in [4.69, 9.17) is 11.6 Å². The predicted octanol–water partition coefficient (Wildman–Crippen LogP) is 1.24. The normalized spacial score (nSPS) is 32.4. The average molecular weight is 267 g/mol. The number of aliphatic hydroxyl groups excluding tert-OH is 1. The molecule has 98 valence electrons. The van der Waals surface area contributed by atoms with Crippen molar-refractivity contribution in [3.63, 3.8) is 0 Å². The summed E-state index contributed by atoms with van der Waals surface area (Å²) in [6.45, 7) is 5.46. The average Bonchev–Trinajstić information content (AvgIpc) is 2.42. The molecule has 1 N–H and O–H groups in total. The molecule has 3 nitrogen and oxygen atoms in total. The molecule has 18 heavy (non-hydrogen) atoms. The quantitative estimate of drug-likeness (QED) is 0.892. The molecule has 1 aromatic rings. The number of nitrogens with zero attached hydrogens (tertiary/aromatic N) is 2. The van der Waals surface area contributed by atoms with Crippen LogP contribution in [0.1, 0.15) is 5.56 Å². The predicted molar refractivity (Wildman–Crippen MR) is 73.0 cm³/mol. The fraction of sp³-hybridized carbons (Fsp3) is 0.571. The van der Waals surface area contributed by atoms with Crippen LogP contribution in [0, 0.1) is 0 Å². The lowest BCUT2D eigenvalue weighted by Crippen LogP contribution is -2.64. The Morgan fingerprint density at radius 2 is 1.94 bits per heavy atom. The number of benzene rings is 1. The van der Waals surface area contributed by atoms with E-state index in [2.05, 4.69) is 9.80 Å². The summed E-state index contributed by atoms with van der Waals surface area (Å²) in [5, 5.41) is 11.2. The zero-order valence-electron chi connectivity index (χ0n) is 10.4. The van der Waals surface area contributed by atoms with E-state index in [0.29, 0.717) is 6.42 Å². The van der Waals surface area contributed by atoms with E-state index in [1.807, 2.05) is 24.3 Å². The van der Waals surface area contributed by atoms with Gasteiger partial charge in [0.2, 0.25) is 0 Å². The van der Waals surface area contributed by atoms with E-state index >= 15 is 0 Å². The largest absolute Gasteiger partial charge is 0.391 e. The molecule has 4 heteroatoms. The van der Waals surface area contributed by atoms with E-state index in [0.717, 1.165) is 43.3 Å². The Balaban J connectivity index is 1.68. The van der Waals surface area contributed by atoms with E-state index in [9.17, 15) is 5.11 Å². The van der Waals surface area contributed by atoms with Crippen LogP contribution in [0.4, 0.5) is 0 Å². The van der Waals surface area contributed by atoms with Crippen LogP contribution in [0.5, 0.6) is 0 Å². The Bertz CT molecular complexity index is 418. The van der Waals surface area contributed by atoms with Crippen molar-refractivity contribution in [3.05, 3.63) is 34.9 Å². The van der Waals surface area contributed by atoms with Crippen LogP contribution in [0.25, 0.3) is 0 Å². The van der Waals surface area contributed by atoms with E-state index in [1.165, 1.54) is 0 Å². The topological polar surface area (TPSA) is 26.7 Å². The fourth-order valence-corrected chi connectivity index (χ4v) is 3.26. The first-order chi connectivity index (χ1) is 8.74. The van der Waals surface area contributed by atoms with Crippen LogP contribution in [0.2, 0.25) is 5.02 Å². The highest BCUT2D eigenvalue weighted by Crippen LogP contribution is 2.23. The van der Waals surface area contributed by atoms with Crippen LogP contribution in [0.15, 0.2) is 24.3 Å². The van der Waals surface area contributed by atoms with Crippen molar-refractivity contribution in [3.8, 4) is 0 Å². The summed E-state index contributed by atoms with van der Waals surface area (Å²) in [5.74, 6) is 0. The maximum absolute atomic E-state index is 10.4. The first-order valence-corrected chi connectivity index (χ1v) is 7.00. The van der Waals surface area contributed by atoms with Gasteiger partial charge in [0.25, 0.3) is 0 Å². The summed E-state index contributed by atoms with van der Waals surface area (Å²) < 4.78 is 0. The van der Waals surface area contributed by atoms with Crippen molar-refractivity contribution in [1.29, 1.82) is 0 Å². The molecule has 4 rings (SSSR count). The number of aliphatic hydroxyl groups is 1. The number of hydrogen-bond acceptors (Lipinski definition) is 3. The molecule has 0 amide bonds. The molecule has 2 bridgehead atoms. The van der Waals surface area contributed by atoms with Gasteiger partial charge in [0.05, 0.1) is 6.10 Å². The van der Waals surface area contributed by atoms with Gasteiger partial charge in [-0.25, -0.2) is 0 Å². The van der Waals surface area contributed by atoms with Gasteiger partial charge in [0, 0.05) is 50.2 Å². The molecule has 3 aliphatic rings.